The fourth-order valence-electron chi connectivity index (χ4n) is 3.97. The Labute approximate surface area is 147 Å². The molecule has 23 heavy (non-hydrogen) atoms. The normalized spacial score (nSPS) is 24.0. The van der Waals surface area contributed by atoms with Crippen molar-refractivity contribution in [1.29, 1.82) is 0 Å². The minimum atomic E-state index is 0.724. The molecule has 140 valence electrons. The third kappa shape index (κ3) is 6.72. The van der Waals surface area contributed by atoms with E-state index < -0.39 is 0 Å². The molecule has 3 aliphatic rings. The molecule has 3 rings (SSSR count). The predicted molar refractivity (Wildman–Crippen MR) is 105 cm³/mol. The molecule has 3 fully saturated rings. The van der Waals surface area contributed by atoms with Crippen LogP contribution in [0.2, 0.25) is 0 Å². The van der Waals surface area contributed by atoms with Crippen LogP contribution < -0.4 is 0 Å². The lowest BCUT2D eigenvalue weighted by Crippen LogP contribution is -2.72. The van der Waals surface area contributed by atoms with E-state index in [0.717, 1.165) is 11.3 Å². The molecule has 1 spiro atoms. The summed E-state index contributed by atoms with van der Waals surface area (Å²) in [5, 5.41) is 0. The number of piperidine rings is 1. The van der Waals surface area contributed by atoms with Gasteiger partial charge in [-0.1, -0.05) is 48.5 Å². The first kappa shape index (κ1) is 22.9. The Morgan fingerprint density at radius 1 is 0.783 bits per heavy atom. The quantitative estimate of drug-likeness (QED) is 0.774. The highest BCUT2D eigenvalue weighted by molar-refractivity contribution is 5.05. The molecule has 0 aromatic carbocycles. The topological polar surface area (TPSA) is 9.72 Å². The Morgan fingerprint density at radius 2 is 1.22 bits per heavy atom. The predicted octanol–water partition coefficient (Wildman–Crippen LogP) is 4.04. The van der Waals surface area contributed by atoms with E-state index >= 15 is 0 Å². The van der Waals surface area contributed by atoms with E-state index in [1.165, 1.54) is 65.2 Å². The molecule has 0 bridgehead atoms. The summed E-state index contributed by atoms with van der Waals surface area (Å²) < 4.78 is 0. The highest BCUT2D eigenvalue weighted by Crippen LogP contribution is 2.40. The Balaban J connectivity index is 0.000000728. The molecule has 0 saturated carbocycles. The summed E-state index contributed by atoms with van der Waals surface area (Å²) in [7, 11) is 2.25. The second kappa shape index (κ2) is 12.3. The molecule has 0 atom stereocenters. The van der Waals surface area contributed by atoms with Gasteiger partial charge in [-0.05, 0) is 45.4 Å². The van der Waals surface area contributed by atoms with Crippen molar-refractivity contribution in [1.82, 2.24) is 14.7 Å². The third-order valence-electron chi connectivity index (χ3n) is 5.04. The van der Waals surface area contributed by atoms with Gasteiger partial charge in [-0.3, -0.25) is 0 Å². The summed E-state index contributed by atoms with van der Waals surface area (Å²) in [6.07, 6.45) is 2.84. The molecule has 0 aliphatic carbocycles. The van der Waals surface area contributed by atoms with Crippen molar-refractivity contribution in [3.8, 4) is 0 Å². The Kier molecular flexibility index (Phi) is 12.2. The SMILES string of the molecule is CC.CC.CC.CCN1CC2(C1)CN(CC1CCN(C)CC1)C2. The van der Waals surface area contributed by atoms with Crippen molar-refractivity contribution >= 4 is 0 Å². The van der Waals surface area contributed by atoms with E-state index in [1.807, 2.05) is 41.5 Å². The van der Waals surface area contributed by atoms with Gasteiger partial charge in [0.25, 0.3) is 0 Å². The average molecular weight is 328 g/mol. The fourth-order valence-corrected chi connectivity index (χ4v) is 3.97. The van der Waals surface area contributed by atoms with Crippen LogP contribution in [0.3, 0.4) is 0 Å². The van der Waals surface area contributed by atoms with E-state index in [-0.39, 0.29) is 0 Å². The second-order valence-electron chi connectivity index (χ2n) is 6.72. The van der Waals surface area contributed by atoms with Crippen LogP contribution in [0.4, 0.5) is 0 Å². The van der Waals surface area contributed by atoms with Gasteiger partial charge in [0.05, 0.1) is 0 Å². The summed E-state index contributed by atoms with van der Waals surface area (Å²) in [5.74, 6) is 0.978. The highest BCUT2D eigenvalue weighted by Gasteiger charge is 2.50. The molecule has 3 nitrogen and oxygen atoms in total. The molecule has 0 radical (unpaired) electrons. The lowest BCUT2D eigenvalue weighted by Gasteiger charge is -2.61. The second-order valence-corrected chi connectivity index (χ2v) is 6.72. The van der Waals surface area contributed by atoms with E-state index in [4.69, 9.17) is 0 Å². The minimum absolute atomic E-state index is 0.724. The monoisotopic (exact) mass is 327 g/mol. The van der Waals surface area contributed by atoms with Crippen molar-refractivity contribution in [2.75, 3.05) is 59.4 Å². The van der Waals surface area contributed by atoms with Crippen LogP contribution >= 0.6 is 0 Å². The van der Waals surface area contributed by atoms with Crippen LogP contribution in [0.1, 0.15) is 61.3 Å². The summed E-state index contributed by atoms with van der Waals surface area (Å²) in [6.45, 7) is 25.0. The van der Waals surface area contributed by atoms with Gasteiger partial charge in [0.2, 0.25) is 0 Å². The van der Waals surface area contributed by atoms with Gasteiger partial charge in [0.15, 0.2) is 0 Å². The summed E-state index contributed by atoms with van der Waals surface area (Å²) in [5.41, 5.74) is 0.724. The molecular weight excluding hydrogens is 282 g/mol. The maximum absolute atomic E-state index is 2.71. The minimum Gasteiger partial charge on any atom is -0.306 e. The van der Waals surface area contributed by atoms with Crippen molar-refractivity contribution < 1.29 is 0 Å². The molecule has 0 unspecified atom stereocenters. The first-order valence-corrected chi connectivity index (χ1v) is 10.3. The smallest absolute Gasteiger partial charge is 0.0212 e. The van der Waals surface area contributed by atoms with Crippen molar-refractivity contribution in [2.24, 2.45) is 11.3 Å². The maximum atomic E-state index is 2.71. The zero-order chi connectivity index (χ0) is 17.9. The first-order chi connectivity index (χ1) is 11.2. The van der Waals surface area contributed by atoms with E-state index in [2.05, 4.69) is 28.7 Å². The number of rotatable bonds is 3. The van der Waals surface area contributed by atoms with Crippen LogP contribution in [0.15, 0.2) is 0 Å². The summed E-state index contributed by atoms with van der Waals surface area (Å²) >= 11 is 0. The number of hydrogen-bond donors (Lipinski definition) is 0. The van der Waals surface area contributed by atoms with Crippen molar-refractivity contribution in [3.05, 3.63) is 0 Å². The van der Waals surface area contributed by atoms with Gasteiger partial charge < -0.3 is 14.7 Å². The van der Waals surface area contributed by atoms with Crippen LogP contribution in [0, 0.1) is 11.3 Å². The molecule has 0 amide bonds. The average Bonchev–Trinajstić information content (AvgIpc) is 2.56. The van der Waals surface area contributed by atoms with Crippen LogP contribution in [-0.2, 0) is 0 Å². The maximum Gasteiger partial charge on any atom is 0.0212 e. The Morgan fingerprint density at radius 3 is 1.65 bits per heavy atom. The summed E-state index contributed by atoms with van der Waals surface area (Å²) in [4.78, 5) is 7.76. The number of likely N-dealkylation sites (tertiary alicyclic amines) is 3. The molecule has 0 N–H and O–H groups in total. The molecule has 0 aromatic heterocycles. The number of nitrogens with zero attached hydrogens (tertiary/aromatic N) is 3. The standard InChI is InChI=1S/C14H27N3.3C2H6/c1-3-16-9-14(10-16)11-17(12-14)8-13-4-6-15(2)7-5-13;3*1-2/h13H,3-12H2,1-2H3;3*1-2H3. The summed E-state index contributed by atoms with van der Waals surface area (Å²) in [6, 6.07) is 0. The molecule has 3 heteroatoms. The van der Waals surface area contributed by atoms with Crippen LogP contribution in [-0.4, -0.2) is 74.1 Å². The highest BCUT2D eigenvalue weighted by atomic mass is 15.3. The zero-order valence-electron chi connectivity index (χ0n) is 17.5. The Bertz CT molecular complexity index is 258. The molecule has 3 heterocycles. The molecule has 0 aromatic rings. The van der Waals surface area contributed by atoms with Crippen molar-refractivity contribution in [3.63, 3.8) is 0 Å². The fraction of sp³-hybridized carbons (Fsp3) is 1.00. The molecule has 3 aliphatic heterocycles. The van der Waals surface area contributed by atoms with E-state index in [9.17, 15) is 0 Å². The van der Waals surface area contributed by atoms with Gasteiger partial charge in [-0.15, -0.1) is 0 Å². The van der Waals surface area contributed by atoms with Gasteiger partial charge >= 0.3 is 0 Å². The number of hydrogen-bond acceptors (Lipinski definition) is 3. The largest absolute Gasteiger partial charge is 0.306 e. The lowest BCUT2D eigenvalue weighted by atomic mass is 9.72. The van der Waals surface area contributed by atoms with Crippen LogP contribution in [0.5, 0.6) is 0 Å². The van der Waals surface area contributed by atoms with E-state index in [0.29, 0.717) is 0 Å². The molecule has 3 saturated heterocycles. The lowest BCUT2D eigenvalue weighted by molar-refractivity contribution is -0.118. The van der Waals surface area contributed by atoms with E-state index in [1.54, 1.807) is 0 Å². The van der Waals surface area contributed by atoms with Crippen LogP contribution in [0.25, 0.3) is 0 Å². The van der Waals surface area contributed by atoms with Gasteiger partial charge in [0, 0.05) is 38.1 Å². The molecular formula is C20H45N3. The van der Waals surface area contributed by atoms with Gasteiger partial charge in [-0.2, -0.15) is 0 Å². The zero-order valence-corrected chi connectivity index (χ0v) is 17.5. The van der Waals surface area contributed by atoms with Crippen molar-refractivity contribution in [2.45, 2.75) is 61.3 Å². The van der Waals surface area contributed by atoms with Gasteiger partial charge in [0.1, 0.15) is 0 Å². The van der Waals surface area contributed by atoms with Gasteiger partial charge in [-0.25, -0.2) is 0 Å². The Hall–Kier alpha value is -0.120. The third-order valence-corrected chi connectivity index (χ3v) is 5.04. The first-order valence-electron chi connectivity index (χ1n) is 10.3.